The quantitative estimate of drug-likeness (QED) is 0.656. The zero-order valence-electron chi connectivity index (χ0n) is 16.7. The normalized spacial score (nSPS) is 12.8. The number of nitriles is 1. The molecule has 8 heteroatoms. The number of likely N-dealkylation sites (N-methyl/N-ethyl adjacent to an activating group) is 1. The zero-order valence-corrected chi connectivity index (χ0v) is 16.7. The Morgan fingerprint density at radius 2 is 2.00 bits per heavy atom. The van der Waals surface area contributed by atoms with Crippen LogP contribution in [0.1, 0.15) is 27.0 Å². The van der Waals surface area contributed by atoms with Crippen LogP contribution in [-0.4, -0.2) is 52.5 Å². The highest BCUT2D eigenvalue weighted by atomic mass is 16.3. The molecule has 3 rings (SSSR count). The van der Waals surface area contributed by atoms with Crippen molar-refractivity contribution in [1.29, 1.82) is 5.26 Å². The van der Waals surface area contributed by atoms with E-state index in [1.807, 2.05) is 25.1 Å². The molecule has 0 unspecified atom stereocenters. The second kappa shape index (κ2) is 8.68. The van der Waals surface area contributed by atoms with Crippen molar-refractivity contribution in [2.75, 3.05) is 26.0 Å². The summed E-state index contributed by atoms with van der Waals surface area (Å²) in [6, 6.07) is 9.40. The van der Waals surface area contributed by atoms with Gasteiger partial charge in [-0.05, 0) is 31.8 Å². The monoisotopic (exact) mass is 406 g/mol. The number of benzene rings is 2. The fourth-order valence-corrected chi connectivity index (χ4v) is 3.24. The maximum absolute atomic E-state index is 12.9. The molecule has 0 fully saturated rings. The molecular formula is C22H22N4O4. The van der Waals surface area contributed by atoms with Crippen LogP contribution in [-0.2, 0) is 17.9 Å². The number of fused-ring (bicyclic) bond motifs is 1. The minimum atomic E-state index is -0.469. The summed E-state index contributed by atoms with van der Waals surface area (Å²) < 4.78 is 0. The van der Waals surface area contributed by atoms with Crippen molar-refractivity contribution in [2.45, 2.75) is 13.1 Å². The summed E-state index contributed by atoms with van der Waals surface area (Å²) in [4.78, 5) is 28.6. The highest BCUT2D eigenvalue weighted by molar-refractivity contribution is 6.01. The van der Waals surface area contributed by atoms with Crippen LogP contribution in [0, 0.1) is 11.3 Å². The summed E-state index contributed by atoms with van der Waals surface area (Å²) in [5, 5.41) is 31.6. The van der Waals surface area contributed by atoms with E-state index < -0.39 is 11.7 Å². The van der Waals surface area contributed by atoms with Gasteiger partial charge in [-0.15, -0.1) is 0 Å². The van der Waals surface area contributed by atoms with Gasteiger partial charge in [-0.1, -0.05) is 18.2 Å². The Morgan fingerprint density at radius 1 is 1.23 bits per heavy atom. The van der Waals surface area contributed by atoms with Crippen LogP contribution in [0.25, 0.3) is 0 Å². The molecule has 30 heavy (non-hydrogen) atoms. The number of phenolic OH excluding ortho intramolecular Hbond substituents is 2. The topological polar surface area (TPSA) is 117 Å². The minimum absolute atomic E-state index is 0.0608. The van der Waals surface area contributed by atoms with E-state index in [0.717, 1.165) is 17.2 Å². The van der Waals surface area contributed by atoms with Crippen LogP contribution >= 0.6 is 0 Å². The van der Waals surface area contributed by atoms with Gasteiger partial charge in [0, 0.05) is 43.0 Å². The third-order valence-corrected chi connectivity index (χ3v) is 4.73. The number of nitrogens with one attached hydrogen (secondary N) is 1. The van der Waals surface area contributed by atoms with Crippen LogP contribution in [0.2, 0.25) is 0 Å². The van der Waals surface area contributed by atoms with Gasteiger partial charge in [0.2, 0.25) is 5.91 Å². The van der Waals surface area contributed by atoms with Crippen molar-refractivity contribution in [1.82, 2.24) is 9.80 Å². The summed E-state index contributed by atoms with van der Waals surface area (Å²) in [5.74, 6) is -1.51. The Balaban J connectivity index is 1.78. The molecule has 0 aliphatic carbocycles. The van der Waals surface area contributed by atoms with E-state index in [-0.39, 0.29) is 29.3 Å². The van der Waals surface area contributed by atoms with Crippen LogP contribution in [0.4, 0.5) is 5.69 Å². The Bertz CT molecular complexity index is 1070. The molecule has 0 atom stereocenters. The van der Waals surface area contributed by atoms with Gasteiger partial charge in [-0.25, -0.2) is 0 Å². The Labute approximate surface area is 174 Å². The van der Waals surface area contributed by atoms with E-state index in [1.165, 1.54) is 17.0 Å². The highest BCUT2D eigenvalue weighted by Gasteiger charge is 2.28. The van der Waals surface area contributed by atoms with E-state index in [0.29, 0.717) is 18.8 Å². The Morgan fingerprint density at radius 3 is 2.70 bits per heavy atom. The number of carbonyl (C=O) groups excluding carboxylic acids is 2. The SMILES string of the molecule is CN(C)C/C=C/C(=O)Nc1cccc2c1CN(C(=O)c1cc(C#N)c(O)cc1O)C2. The molecule has 0 saturated heterocycles. The molecule has 154 valence electrons. The van der Waals surface area contributed by atoms with E-state index >= 15 is 0 Å². The van der Waals surface area contributed by atoms with E-state index in [4.69, 9.17) is 5.26 Å². The molecule has 1 heterocycles. The fourth-order valence-electron chi connectivity index (χ4n) is 3.24. The largest absolute Gasteiger partial charge is 0.507 e. The van der Waals surface area contributed by atoms with Crippen molar-refractivity contribution in [2.24, 2.45) is 0 Å². The molecule has 3 N–H and O–H groups in total. The highest BCUT2D eigenvalue weighted by Crippen LogP contribution is 2.33. The average Bonchev–Trinajstić information content (AvgIpc) is 3.13. The minimum Gasteiger partial charge on any atom is -0.507 e. The summed E-state index contributed by atoms with van der Waals surface area (Å²) in [7, 11) is 3.81. The summed E-state index contributed by atoms with van der Waals surface area (Å²) in [6.07, 6.45) is 3.23. The lowest BCUT2D eigenvalue weighted by Crippen LogP contribution is -2.25. The molecule has 0 radical (unpaired) electrons. The van der Waals surface area contributed by atoms with Gasteiger partial charge in [0.25, 0.3) is 5.91 Å². The molecule has 2 amide bonds. The number of amides is 2. The van der Waals surface area contributed by atoms with Gasteiger partial charge in [-0.2, -0.15) is 5.26 Å². The molecule has 0 bridgehead atoms. The van der Waals surface area contributed by atoms with Crippen molar-refractivity contribution < 1.29 is 19.8 Å². The molecule has 2 aromatic rings. The molecule has 0 aromatic heterocycles. The lowest BCUT2D eigenvalue weighted by Gasteiger charge is -2.17. The van der Waals surface area contributed by atoms with Crippen molar-refractivity contribution >= 4 is 17.5 Å². The molecular weight excluding hydrogens is 384 g/mol. The first-order valence-electron chi connectivity index (χ1n) is 9.28. The summed E-state index contributed by atoms with van der Waals surface area (Å²) in [6.45, 7) is 1.19. The first kappa shape index (κ1) is 20.9. The van der Waals surface area contributed by atoms with Crippen molar-refractivity contribution in [3.63, 3.8) is 0 Å². The summed E-state index contributed by atoms with van der Waals surface area (Å²) >= 11 is 0. The molecule has 1 aliphatic rings. The maximum Gasteiger partial charge on any atom is 0.258 e. The van der Waals surface area contributed by atoms with Crippen LogP contribution in [0.3, 0.4) is 0 Å². The fraction of sp³-hybridized carbons (Fsp3) is 0.227. The van der Waals surface area contributed by atoms with E-state index in [1.54, 1.807) is 24.3 Å². The van der Waals surface area contributed by atoms with Crippen LogP contribution in [0.15, 0.2) is 42.5 Å². The van der Waals surface area contributed by atoms with E-state index in [2.05, 4.69) is 5.32 Å². The predicted molar refractivity (Wildman–Crippen MR) is 111 cm³/mol. The van der Waals surface area contributed by atoms with Crippen LogP contribution in [0.5, 0.6) is 11.5 Å². The second-order valence-electron chi connectivity index (χ2n) is 7.26. The summed E-state index contributed by atoms with van der Waals surface area (Å²) in [5.41, 5.74) is 2.17. The van der Waals surface area contributed by atoms with E-state index in [9.17, 15) is 19.8 Å². The Kier molecular flexibility index (Phi) is 6.04. The molecule has 0 spiro atoms. The molecule has 0 saturated carbocycles. The number of aromatic hydroxyl groups is 2. The number of rotatable bonds is 5. The maximum atomic E-state index is 12.9. The van der Waals surface area contributed by atoms with Gasteiger partial charge >= 0.3 is 0 Å². The van der Waals surface area contributed by atoms with Gasteiger partial charge in [-0.3, -0.25) is 9.59 Å². The second-order valence-corrected chi connectivity index (χ2v) is 7.26. The zero-order chi connectivity index (χ0) is 21.8. The number of nitrogens with zero attached hydrogens (tertiary/aromatic N) is 3. The third kappa shape index (κ3) is 4.42. The molecule has 2 aromatic carbocycles. The smallest absolute Gasteiger partial charge is 0.258 e. The average molecular weight is 406 g/mol. The lowest BCUT2D eigenvalue weighted by atomic mass is 10.1. The Hall–Kier alpha value is -3.83. The predicted octanol–water partition coefficient (Wildman–Crippen LogP) is 2.18. The van der Waals surface area contributed by atoms with Crippen molar-refractivity contribution in [3.8, 4) is 17.6 Å². The van der Waals surface area contributed by atoms with Gasteiger partial charge < -0.3 is 25.3 Å². The molecule has 8 nitrogen and oxygen atoms in total. The van der Waals surface area contributed by atoms with Gasteiger partial charge in [0.15, 0.2) is 0 Å². The standard InChI is InChI=1S/C22H22N4O4/c1-25(2)8-4-7-21(29)24-18-6-3-5-14-12-26(13-17(14)18)22(30)16-9-15(11-23)19(27)10-20(16)28/h3-7,9-10,27-28H,8,12-13H2,1-2H3,(H,24,29)/b7-4+. The number of hydrogen-bond donors (Lipinski definition) is 3. The van der Waals surface area contributed by atoms with Crippen LogP contribution < -0.4 is 5.32 Å². The first-order valence-corrected chi connectivity index (χ1v) is 9.28. The van der Waals surface area contributed by atoms with Gasteiger partial charge in [0.05, 0.1) is 11.1 Å². The number of carbonyl (C=O) groups is 2. The van der Waals surface area contributed by atoms with Gasteiger partial charge in [0.1, 0.15) is 17.6 Å². The number of anilines is 1. The lowest BCUT2D eigenvalue weighted by molar-refractivity contribution is -0.111. The first-order chi connectivity index (χ1) is 14.3. The third-order valence-electron chi connectivity index (χ3n) is 4.73. The molecule has 1 aliphatic heterocycles. The number of phenols is 2. The van der Waals surface area contributed by atoms with Crippen molar-refractivity contribution in [3.05, 3.63) is 64.7 Å². The number of hydrogen-bond acceptors (Lipinski definition) is 6.